The number of hydrogen-bond acceptors (Lipinski definition) is 6. The summed E-state index contributed by atoms with van der Waals surface area (Å²) in [6, 6.07) is 12.5. The minimum atomic E-state index is -0.825. The summed E-state index contributed by atoms with van der Waals surface area (Å²) in [6.45, 7) is 0. The van der Waals surface area contributed by atoms with Crippen LogP contribution in [0, 0.1) is 0 Å². The fourth-order valence-corrected chi connectivity index (χ4v) is 3.45. The first-order valence-corrected chi connectivity index (χ1v) is 8.47. The highest BCUT2D eigenvalue weighted by Crippen LogP contribution is 2.42. The molecular weight excluding hydrogens is 360 g/mol. The van der Waals surface area contributed by atoms with E-state index in [9.17, 15) is 14.7 Å². The molecule has 0 radical (unpaired) electrons. The minimum absolute atomic E-state index is 0.0478. The zero-order chi connectivity index (χ0) is 19.8. The monoisotopic (exact) mass is 376 g/mol. The molecule has 4 aromatic rings. The molecular formula is C22H16O6. The number of hydrogen-bond donors (Lipinski definition) is 1. The van der Waals surface area contributed by atoms with Gasteiger partial charge in [-0.1, -0.05) is 36.4 Å². The van der Waals surface area contributed by atoms with Crippen LogP contribution in [0.25, 0.3) is 32.7 Å². The molecule has 0 saturated carbocycles. The highest BCUT2D eigenvalue weighted by Gasteiger charge is 2.30. The molecule has 4 rings (SSSR count). The highest BCUT2D eigenvalue weighted by molar-refractivity contribution is 6.18. The largest absolute Gasteiger partial charge is 0.506 e. The maximum absolute atomic E-state index is 12.7. The van der Waals surface area contributed by atoms with E-state index >= 15 is 0 Å². The van der Waals surface area contributed by atoms with Crippen molar-refractivity contribution in [1.29, 1.82) is 0 Å². The topological polar surface area (TPSA) is 86.0 Å². The maximum Gasteiger partial charge on any atom is 0.342 e. The van der Waals surface area contributed by atoms with E-state index in [0.29, 0.717) is 21.9 Å². The maximum atomic E-state index is 12.7. The molecule has 6 heteroatoms. The Morgan fingerprint density at radius 3 is 2.21 bits per heavy atom. The molecule has 0 atom stereocenters. The van der Waals surface area contributed by atoms with Gasteiger partial charge >= 0.3 is 11.9 Å². The fraction of sp³-hybridized carbons (Fsp3) is 0.0909. The molecule has 1 N–H and O–H groups in total. The lowest BCUT2D eigenvalue weighted by Crippen LogP contribution is -2.14. The Morgan fingerprint density at radius 2 is 1.50 bits per heavy atom. The molecule has 1 aromatic heterocycles. The number of phenols is 1. The number of benzene rings is 3. The molecule has 0 aliphatic heterocycles. The highest BCUT2D eigenvalue weighted by atomic mass is 16.5. The summed E-state index contributed by atoms with van der Waals surface area (Å²) in [5, 5.41) is 13.5. The number of aromatic hydroxyl groups is 1. The van der Waals surface area contributed by atoms with Crippen molar-refractivity contribution in [3.8, 4) is 16.9 Å². The zero-order valence-corrected chi connectivity index (χ0v) is 15.2. The predicted molar refractivity (Wildman–Crippen MR) is 103 cm³/mol. The van der Waals surface area contributed by atoms with Gasteiger partial charge in [-0.05, 0) is 17.0 Å². The molecule has 1 heterocycles. The fourth-order valence-electron chi connectivity index (χ4n) is 3.45. The van der Waals surface area contributed by atoms with Crippen LogP contribution < -0.4 is 0 Å². The van der Waals surface area contributed by atoms with Gasteiger partial charge in [-0.15, -0.1) is 0 Å². The van der Waals surface area contributed by atoms with E-state index in [-0.39, 0.29) is 16.9 Å². The smallest absolute Gasteiger partial charge is 0.342 e. The van der Waals surface area contributed by atoms with Gasteiger partial charge in [0.25, 0.3) is 0 Å². The second kappa shape index (κ2) is 6.74. The van der Waals surface area contributed by atoms with Crippen molar-refractivity contribution in [2.45, 2.75) is 0 Å². The first kappa shape index (κ1) is 17.6. The summed E-state index contributed by atoms with van der Waals surface area (Å²) < 4.78 is 15.0. The average Bonchev–Trinajstić information content (AvgIpc) is 3.20. The van der Waals surface area contributed by atoms with Crippen LogP contribution in [0.3, 0.4) is 0 Å². The molecule has 0 unspecified atom stereocenters. The van der Waals surface area contributed by atoms with Crippen molar-refractivity contribution in [1.82, 2.24) is 0 Å². The summed E-state index contributed by atoms with van der Waals surface area (Å²) >= 11 is 0. The van der Waals surface area contributed by atoms with Crippen molar-refractivity contribution in [2.75, 3.05) is 14.2 Å². The SMILES string of the molecule is COC(=O)c1c(C(=O)OC)c(-c2ccc3cocc3c2)c2ccccc2c1O. The van der Waals surface area contributed by atoms with Crippen LogP contribution in [-0.2, 0) is 9.47 Å². The first-order valence-electron chi connectivity index (χ1n) is 8.47. The van der Waals surface area contributed by atoms with Crippen molar-refractivity contribution in [3.05, 3.63) is 66.1 Å². The lowest BCUT2D eigenvalue weighted by atomic mass is 9.88. The lowest BCUT2D eigenvalue weighted by molar-refractivity contribution is 0.0553. The van der Waals surface area contributed by atoms with Gasteiger partial charge in [0.15, 0.2) is 0 Å². The van der Waals surface area contributed by atoms with E-state index in [1.54, 1.807) is 36.8 Å². The Morgan fingerprint density at radius 1 is 0.857 bits per heavy atom. The van der Waals surface area contributed by atoms with Gasteiger partial charge in [0, 0.05) is 21.7 Å². The minimum Gasteiger partial charge on any atom is -0.506 e. The molecule has 0 bridgehead atoms. The molecule has 28 heavy (non-hydrogen) atoms. The van der Waals surface area contributed by atoms with Gasteiger partial charge in [-0.2, -0.15) is 0 Å². The third-order valence-electron chi connectivity index (χ3n) is 4.73. The number of phenolic OH excluding ortho intramolecular Hbond substituents is 1. The molecule has 0 saturated heterocycles. The van der Waals surface area contributed by atoms with Crippen molar-refractivity contribution in [2.24, 2.45) is 0 Å². The number of furan rings is 1. The molecule has 3 aromatic carbocycles. The van der Waals surface area contributed by atoms with Crippen LogP contribution in [0.15, 0.2) is 59.4 Å². The molecule has 0 amide bonds. The Labute approximate surface area is 159 Å². The number of carbonyl (C=O) groups excluding carboxylic acids is 2. The van der Waals surface area contributed by atoms with Gasteiger partial charge in [0.2, 0.25) is 0 Å². The number of rotatable bonds is 3. The Kier molecular flexibility index (Phi) is 4.24. The van der Waals surface area contributed by atoms with Crippen LogP contribution >= 0.6 is 0 Å². The molecule has 140 valence electrons. The van der Waals surface area contributed by atoms with Crippen LogP contribution in [0.4, 0.5) is 0 Å². The number of esters is 2. The second-order valence-corrected chi connectivity index (χ2v) is 6.22. The van der Waals surface area contributed by atoms with Crippen molar-refractivity contribution < 1.29 is 28.6 Å². The summed E-state index contributed by atoms with van der Waals surface area (Å²) in [4.78, 5) is 25.2. The quantitative estimate of drug-likeness (QED) is 0.529. The number of methoxy groups -OCH3 is 2. The second-order valence-electron chi connectivity index (χ2n) is 6.22. The lowest BCUT2D eigenvalue weighted by Gasteiger charge is -2.17. The average molecular weight is 376 g/mol. The molecule has 0 aliphatic carbocycles. The molecule has 0 fully saturated rings. The molecule has 0 aliphatic rings. The van der Waals surface area contributed by atoms with E-state index in [1.807, 2.05) is 18.2 Å². The van der Waals surface area contributed by atoms with E-state index in [1.165, 1.54) is 14.2 Å². The van der Waals surface area contributed by atoms with Gasteiger partial charge < -0.3 is 19.0 Å². The van der Waals surface area contributed by atoms with E-state index < -0.39 is 11.9 Å². The third kappa shape index (κ3) is 2.58. The predicted octanol–water partition coefficient (Wildman–Crippen LogP) is 4.53. The number of fused-ring (bicyclic) bond motifs is 2. The van der Waals surface area contributed by atoms with Crippen molar-refractivity contribution in [3.63, 3.8) is 0 Å². The van der Waals surface area contributed by atoms with Gasteiger partial charge in [0.1, 0.15) is 11.3 Å². The van der Waals surface area contributed by atoms with Crippen LogP contribution in [-0.4, -0.2) is 31.3 Å². The van der Waals surface area contributed by atoms with Crippen LogP contribution in [0.5, 0.6) is 5.75 Å². The van der Waals surface area contributed by atoms with Gasteiger partial charge in [0.05, 0.1) is 32.3 Å². The first-order chi connectivity index (χ1) is 13.6. The number of ether oxygens (including phenoxy) is 2. The number of carbonyl (C=O) groups is 2. The Balaban J connectivity index is 2.20. The molecule has 6 nitrogen and oxygen atoms in total. The summed E-state index contributed by atoms with van der Waals surface area (Å²) in [5.74, 6) is -1.89. The van der Waals surface area contributed by atoms with E-state index in [4.69, 9.17) is 13.9 Å². The summed E-state index contributed by atoms with van der Waals surface area (Å²) in [6.07, 6.45) is 3.22. The van der Waals surface area contributed by atoms with Crippen LogP contribution in [0.2, 0.25) is 0 Å². The van der Waals surface area contributed by atoms with Gasteiger partial charge in [-0.25, -0.2) is 9.59 Å². The normalized spacial score (nSPS) is 10.9. The Bertz CT molecular complexity index is 1230. The van der Waals surface area contributed by atoms with Crippen molar-refractivity contribution >= 4 is 33.5 Å². The Hall–Kier alpha value is -3.80. The van der Waals surface area contributed by atoms with E-state index in [0.717, 1.165) is 10.8 Å². The standard InChI is InChI=1S/C22H16O6/c1-26-21(24)18-17(12-7-8-13-10-28-11-14(13)9-12)15-5-3-4-6-16(15)20(23)19(18)22(25)27-2/h3-11,23H,1-2H3. The van der Waals surface area contributed by atoms with Crippen LogP contribution in [0.1, 0.15) is 20.7 Å². The summed E-state index contributed by atoms with van der Waals surface area (Å²) in [5.41, 5.74) is 0.878. The van der Waals surface area contributed by atoms with E-state index in [2.05, 4.69) is 0 Å². The molecule has 0 spiro atoms. The summed E-state index contributed by atoms with van der Waals surface area (Å²) in [7, 11) is 2.41. The third-order valence-corrected chi connectivity index (χ3v) is 4.73. The zero-order valence-electron chi connectivity index (χ0n) is 15.2. The van der Waals surface area contributed by atoms with Gasteiger partial charge in [-0.3, -0.25) is 0 Å².